The molecule has 3 rings (SSSR count). The maximum atomic E-state index is 13.0. The number of nitrogens with zero attached hydrogens (tertiary/aromatic N) is 3. The zero-order valence-corrected chi connectivity index (χ0v) is 18.3. The number of imidazole rings is 1. The Bertz CT molecular complexity index is 667. The van der Waals surface area contributed by atoms with Gasteiger partial charge in [0, 0.05) is 50.9 Å². The maximum absolute atomic E-state index is 13.0. The number of H-pyrrole nitrogens is 1. The molecule has 0 aromatic carbocycles. The lowest BCUT2D eigenvalue weighted by atomic mass is 9.80. The molecule has 7 heteroatoms. The second kappa shape index (κ2) is 9.18. The van der Waals surface area contributed by atoms with Crippen molar-refractivity contribution in [2.24, 2.45) is 11.8 Å². The van der Waals surface area contributed by atoms with E-state index < -0.39 is 5.60 Å². The number of amides is 2. The van der Waals surface area contributed by atoms with Crippen LogP contribution < -0.4 is 0 Å². The summed E-state index contributed by atoms with van der Waals surface area (Å²) in [5, 5.41) is 0. The normalized spacial score (nSPS) is 23.7. The van der Waals surface area contributed by atoms with E-state index >= 15 is 0 Å². The molecule has 0 spiro atoms. The molecule has 1 aliphatic heterocycles. The van der Waals surface area contributed by atoms with E-state index in [0.717, 1.165) is 57.4 Å². The standard InChI is InChI=1S/C22H36N4O3/c1-22(2,3)29-21(28)25(4)15-16-5-7-18(8-6-16)20(27)26-13-9-17(10-14-26)19-23-11-12-24-19/h11-12,16-18H,5-10,13-15H2,1-4H3,(H,23,24)/t16-,18-. The minimum atomic E-state index is -0.472. The second-order valence-electron chi connectivity index (χ2n) is 9.65. The first-order valence-electron chi connectivity index (χ1n) is 10.9. The van der Waals surface area contributed by atoms with Gasteiger partial charge in [0.05, 0.1) is 0 Å². The molecule has 0 radical (unpaired) electrons. The highest BCUT2D eigenvalue weighted by atomic mass is 16.6. The summed E-state index contributed by atoms with van der Waals surface area (Å²) >= 11 is 0. The fourth-order valence-electron chi connectivity index (χ4n) is 4.53. The lowest BCUT2D eigenvalue weighted by Crippen LogP contribution is -2.43. The fraction of sp³-hybridized carbons (Fsp3) is 0.773. The van der Waals surface area contributed by atoms with Crippen molar-refractivity contribution < 1.29 is 14.3 Å². The van der Waals surface area contributed by atoms with E-state index in [9.17, 15) is 9.59 Å². The molecule has 0 atom stereocenters. The molecule has 1 aromatic rings. The van der Waals surface area contributed by atoms with Gasteiger partial charge in [-0.2, -0.15) is 0 Å². The van der Waals surface area contributed by atoms with Crippen LogP contribution in [0.15, 0.2) is 12.4 Å². The van der Waals surface area contributed by atoms with E-state index in [2.05, 4.69) is 14.9 Å². The van der Waals surface area contributed by atoms with Crippen molar-refractivity contribution in [2.45, 2.75) is 70.8 Å². The van der Waals surface area contributed by atoms with E-state index in [1.807, 2.05) is 27.0 Å². The summed E-state index contributed by atoms with van der Waals surface area (Å²) in [5.41, 5.74) is -0.472. The zero-order chi connectivity index (χ0) is 21.0. The SMILES string of the molecule is CN(C[C@H]1CC[C@H](C(=O)N2CCC(c3ncc[nH]3)CC2)CC1)C(=O)OC(C)(C)C. The molecule has 0 bridgehead atoms. The van der Waals surface area contributed by atoms with E-state index in [-0.39, 0.29) is 12.0 Å². The third-order valence-corrected chi connectivity index (χ3v) is 6.15. The van der Waals surface area contributed by atoms with Crippen LogP contribution in [0, 0.1) is 11.8 Å². The summed E-state index contributed by atoms with van der Waals surface area (Å²) in [6.07, 6.45) is 9.18. The van der Waals surface area contributed by atoms with Crippen LogP contribution in [-0.2, 0) is 9.53 Å². The number of nitrogens with one attached hydrogen (secondary N) is 1. The molecule has 2 fully saturated rings. The predicted molar refractivity (Wildman–Crippen MR) is 111 cm³/mol. The van der Waals surface area contributed by atoms with Crippen molar-refractivity contribution in [3.63, 3.8) is 0 Å². The monoisotopic (exact) mass is 404 g/mol. The third kappa shape index (κ3) is 5.97. The largest absolute Gasteiger partial charge is 0.444 e. The lowest BCUT2D eigenvalue weighted by molar-refractivity contribution is -0.138. The molecule has 7 nitrogen and oxygen atoms in total. The number of aromatic nitrogens is 2. The van der Waals surface area contributed by atoms with Gasteiger partial charge < -0.3 is 19.5 Å². The Morgan fingerprint density at radius 3 is 2.38 bits per heavy atom. The van der Waals surface area contributed by atoms with Gasteiger partial charge in [0.2, 0.25) is 5.91 Å². The number of rotatable bonds is 4. The van der Waals surface area contributed by atoms with E-state index in [1.165, 1.54) is 0 Å². The second-order valence-corrected chi connectivity index (χ2v) is 9.65. The molecule has 0 unspecified atom stereocenters. The molecule has 1 saturated heterocycles. The average molecular weight is 405 g/mol. The van der Waals surface area contributed by atoms with Crippen LogP contribution in [-0.4, -0.2) is 64.1 Å². The molecule has 162 valence electrons. The Morgan fingerprint density at radius 2 is 1.83 bits per heavy atom. The number of likely N-dealkylation sites (tertiary alicyclic amines) is 1. The van der Waals surface area contributed by atoms with E-state index in [4.69, 9.17) is 4.74 Å². The van der Waals surface area contributed by atoms with Crippen LogP contribution in [0.5, 0.6) is 0 Å². The number of hydrogen-bond acceptors (Lipinski definition) is 4. The fourth-order valence-corrected chi connectivity index (χ4v) is 4.53. The van der Waals surface area contributed by atoms with Gasteiger partial charge in [-0.3, -0.25) is 4.79 Å². The number of carbonyl (C=O) groups is 2. The molecule has 29 heavy (non-hydrogen) atoms. The molecular weight excluding hydrogens is 368 g/mol. The van der Waals surface area contributed by atoms with Crippen LogP contribution in [0.3, 0.4) is 0 Å². The van der Waals surface area contributed by atoms with Crippen molar-refractivity contribution in [1.29, 1.82) is 0 Å². The molecule has 1 aliphatic carbocycles. The van der Waals surface area contributed by atoms with Crippen molar-refractivity contribution >= 4 is 12.0 Å². The zero-order valence-electron chi connectivity index (χ0n) is 18.3. The number of aromatic amines is 1. The first-order valence-corrected chi connectivity index (χ1v) is 10.9. The van der Waals surface area contributed by atoms with Crippen LogP contribution in [0.2, 0.25) is 0 Å². The number of carbonyl (C=O) groups excluding carboxylic acids is 2. The summed E-state index contributed by atoms with van der Waals surface area (Å²) in [7, 11) is 1.80. The first kappa shape index (κ1) is 21.7. The minimum absolute atomic E-state index is 0.137. The molecule has 1 saturated carbocycles. The van der Waals surface area contributed by atoms with Gasteiger partial charge in [-0.15, -0.1) is 0 Å². The van der Waals surface area contributed by atoms with Gasteiger partial charge in [0.25, 0.3) is 0 Å². The summed E-state index contributed by atoms with van der Waals surface area (Å²) in [6.45, 7) is 7.99. The molecule has 1 N–H and O–H groups in total. The van der Waals surface area contributed by atoms with Gasteiger partial charge in [0.15, 0.2) is 0 Å². The Morgan fingerprint density at radius 1 is 1.17 bits per heavy atom. The number of hydrogen-bond donors (Lipinski definition) is 1. The Kier molecular flexibility index (Phi) is 6.85. The van der Waals surface area contributed by atoms with Gasteiger partial charge >= 0.3 is 6.09 Å². The predicted octanol–water partition coefficient (Wildman–Crippen LogP) is 3.79. The Hall–Kier alpha value is -2.05. The molecule has 2 heterocycles. The lowest BCUT2D eigenvalue weighted by Gasteiger charge is -2.36. The molecule has 2 aliphatic rings. The summed E-state index contributed by atoms with van der Waals surface area (Å²) in [5.74, 6) is 2.39. The van der Waals surface area contributed by atoms with Crippen molar-refractivity contribution in [3.8, 4) is 0 Å². The highest BCUT2D eigenvalue weighted by molar-refractivity contribution is 5.79. The topological polar surface area (TPSA) is 78.5 Å². The van der Waals surface area contributed by atoms with Crippen molar-refractivity contribution in [3.05, 3.63) is 18.2 Å². The van der Waals surface area contributed by atoms with Crippen LogP contribution in [0.25, 0.3) is 0 Å². The van der Waals surface area contributed by atoms with Crippen LogP contribution >= 0.6 is 0 Å². The number of piperidine rings is 1. The van der Waals surface area contributed by atoms with Crippen molar-refractivity contribution in [2.75, 3.05) is 26.7 Å². The average Bonchev–Trinajstić information content (AvgIpc) is 3.21. The Balaban J connectivity index is 1.40. The van der Waals surface area contributed by atoms with Gasteiger partial charge in [0.1, 0.15) is 11.4 Å². The van der Waals surface area contributed by atoms with Crippen LogP contribution in [0.1, 0.15) is 71.0 Å². The van der Waals surface area contributed by atoms with Gasteiger partial charge in [-0.05, 0) is 65.2 Å². The number of ether oxygens (including phenoxy) is 1. The Labute approximate surface area is 174 Å². The molecule has 2 amide bonds. The highest BCUT2D eigenvalue weighted by Crippen LogP contribution is 2.33. The minimum Gasteiger partial charge on any atom is -0.444 e. The molecule has 1 aromatic heterocycles. The summed E-state index contributed by atoms with van der Waals surface area (Å²) < 4.78 is 5.43. The maximum Gasteiger partial charge on any atom is 0.410 e. The smallest absolute Gasteiger partial charge is 0.410 e. The van der Waals surface area contributed by atoms with Crippen LogP contribution in [0.4, 0.5) is 4.79 Å². The van der Waals surface area contributed by atoms with Gasteiger partial charge in [-0.25, -0.2) is 9.78 Å². The van der Waals surface area contributed by atoms with Crippen molar-refractivity contribution in [1.82, 2.24) is 19.8 Å². The summed E-state index contributed by atoms with van der Waals surface area (Å²) in [4.78, 5) is 36.4. The van der Waals surface area contributed by atoms with E-state index in [1.54, 1.807) is 18.1 Å². The molecular formula is C22H36N4O3. The summed E-state index contributed by atoms with van der Waals surface area (Å²) in [6, 6.07) is 0. The first-order chi connectivity index (χ1) is 13.7. The third-order valence-electron chi connectivity index (χ3n) is 6.15. The highest BCUT2D eigenvalue weighted by Gasteiger charge is 2.33. The van der Waals surface area contributed by atoms with Gasteiger partial charge in [-0.1, -0.05) is 0 Å². The quantitative estimate of drug-likeness (QED) is 0.828. The van der Waals surface area contributed by atoms with E-state index in [0.29, 0.717) is 24.3 Å².